The topological polar surface area (TPSA) is 60.8 Å². The monoisotopic (exact) mass is 277 g/mol. The average molecular weight is 277 g/mol. The number of carbonyl (C=O) groups is 1. The molecule has 0 spiro atoms. The molecule has 0 aliphatic carbocycles. The van der Waals surface area contributed by atoms with Crippen LogP contribution < -0.4 is 0 Å². The molecule has 4 nitrogen and oxygen atoms in total. The highest BCUT2D eigenvalue weighted by Gasteiger charge is 2.40. The van der Waals surface area contributed by atoms with Crippen LogP contribution in [0.15, 0.2) is 24.3 Å². The lowest BCUT2D eigenvalue weighted by Crippen LogP contribution is -2.44. The molecule has 110 valence electrons. The quantitative estimate of drug-likeness (QED) is 0.888. The molecular formula is C16H23NO3. The number of aliphatic carboxylic acids is 1. The number of aromatic hydroxyl groups is 1. The minimum absolute atomic E-state index is 0.111. The second-order valence-electron chi connectivity index (χ2n) is 5.71. The molecule has 0 saturated carbocycles. The van der Waals surface area contributed by atoms with Crippen molar-refractivity contribution < 1.29 is 15.0 Å². The molecule has 0 bridgehead atoms. The summed E-state index contributed by atoms with van der Waals surface area (Å²) < 4.78 is 0. The third-order valence-electron chi connectivity index (χ3n) is 4.82. The van der Waals surface area contributed by atoms with Gasteiger partial charge in [-0.15, -0.1) is 0 Å². The summed E-state index contributed by atoms with van der Waals surface area (Å²) in [6.07, 6.45) is 2.04. The van der Waals surface area contributed by atoms with E-state index in [0.717, 1.165) is 18.7 Å². The van der Waals surface area contributed by atoms with E-state index < -0.39 is 11.4 Å². The summed E-state index contributed by atoms with van der Waals surface area (Å²) in [6.45, 7) is 5.54. The van der Waals surface area contributed by atoms with Crippen LogP contribution in [-0.2, 0) is 4.79 Å². The maximum Gasteiger partial charge on any atom is 0.309 e. The number of rotatable bonds is 4. The smallest absolute Gasteiger partial charge is 0.309 e. The van der Waals surface area contributed by atoms with Crippen LogP contribution in [0.2, 0.25) is 0 Å². The van der Waals surface area contributed by atoms with E-state index in [4.69, 9.17) is 0 Å². The van der Waals surface area contributed by atoms with Gasteiger partial charge >= 0.3 is 5.97 Å². The number of hydrogen-bond acceptors (Lipinski definition) is 3. The summed E-state index contributed by atoms with van der Waals surface area (Å²) in [7, 11) is 0. The number of para-hydroxylation sites is 1. The zero-order valence-corrected chi connectivity index (χ0v) is 12.2. The third kappa shape index (κ3) is 2.66. The SMILES string of the molecule is CCC1(C(=O)O)CCN(C(C)c2ccccc2O)CC1. The van der Waals surface area contributed by atoms with Crippen LogP contribution in [0.4, 0.5) is 0 Å². The number of benzene rings is 1. The van der Waals surface area contributed by atoms with Crippen LogP contribution in [0, 0.1) is 5.41 Å². The summed E-state index contributed by atoms with van der Waals surface area (Å²) in [5.41, 5.74) is 0.349. The predicted octanol–water partition coefficient (Wildman–Crippen LogP) is 3.03. The lowest BCUT2D eigenvalue weighted by Gasteiger charge is -2.41. The van der Waals surface area contributed by atoms with Crippen molar-refractivity contribution in [2.45, 2.75) is 39.2 Å². The van der Waals surface area contributed by atoms with Crippen molar-refractivity contribution in [3.05, 3.63) is 29.8 Å². The van der Waals surface area contributed by atoms with Crippen LogP contribution in [0.3, 0.4) is 0 Å². The van der Waals surface area contributed by atoms with Gasteiger partial charge < -0.3 is 10.2 Å². The van der Waals surface area contributed by atoms with Gasteiger partial charge in [-0.3, -0.25) is 9.69 Å². The van der Waals surface area contributed by atoms with Crippen LogP contribution in [0.5, 0.6) is 5.75 Å². The lowest BCUT2D eigenvalue weighted by atomic mass is 9.76. The van der Waals surface area contributed by atoms with Crippen LogP contribution in [0.1, 0.15) is 44.7 Å². The van der Waals surface area contributed by atoms with Crippen molar-refractivity contribution in [1.82, 2.24) is 4.90 Å². The number of carboxylic acids is 1. The molecule has 20 heavy (non-hydrogen) atoms. The summed E-state index contributed by atoms with van der Waals surface area (Å²) in [5, 5.41) is 19.3. The number of phenolic OH excluding ortho intramolecular Hbond substituents is 1. The Bertz CT molecular complexity index is 478. The molecular weight excluding hydrogens is 254 g/mol. The molecule has 1 heterocycles. The van der Waals surface area contributed by atoms with Crippen molar-refractivity contribution in [2.75, 3.05) is 13.1 Å². The second-order valence-corrected chi connectivity index (χ2v) is 5.71. The van der Waals surface area contributed by atoms with Gasteiger partial charge in [-0.25, -0.2) is 0 Å². The summed E-state index contributed by atoms with van der Waals surface area (Å²) in [6, 6.07) is 7.47. The van der Waals surface area contributed by atoms with Crippen molar-refractivity contribution >= 4 is 5.97 Å². The van der Waals surface area contributed by atoms with Gasteiger partial charge in [-0.05, 0) is 45.3 Å². The van der Waals surface area contributed by atoms with E-state index in [0.29, 0.717) is 25.0 Å². The molecule has 1 fully saturated rings. The molecule has 1 aromatic rings. The zero-order valence-electron chi connectivity index (χ0n) is 12.2. The second kappa shape index (κ2) is 5.83. The van der Waals surface area contributed by atoms with E-state index in [9.17, 15) is 15.0 Å². The normalized spacial score (nSPS) is 20.5. The van der Waals surface area contributed by atoms with Crippen LogP contribution in [-0.4, -0.2) is 34.2 Å². The Morgan fingerprint density at radius 3 is 2.45 bits per heavy atom. The molecule has 2 rings (SSSR count). The van der Waals surface area contributed by atoms with Gasteiger partial charge in [-0.2, -0.15) is 0 Å². The number of nitrogens with zero attached hydrogens (tertiary/aromatic N) is 1. The van der Waals surface area contributed by atoms with Gasteiger partial charge in [-0.1, -0.05) is 25.1 Å². The molecule has 1 aliphatic heterocycles. The first kappa shape index (κ1) is 14.9. The Balaban J connectivity index is 2.07. The van der Waals surface area contributed by atoms with E-state index in [1.165, 1.54) is 0 Å². The molecule has 1 aromatic carbocycles. The lowest BCUT2D eigenvalue weighted by molar-refractivity contribution is -0.152. The fraction of sp³-hybridized carbons (Fsp3) is 0.562. The van der Waals surface area contributed by atoms with Crippen molar-refractivity contribution in [1.29, 1.82) is 0 Å². The highest BCUT2D eigenvalue weighted by Crippen LogP contribution is 2.38. The van der Waals surface area contributed by atoms with Crippen LogP contribution in [0.25, 0.3) is 0 Å². The largest absolute Gasteiger partial charge is 0.508 e. The molecule has 0 amide bonds. The molecule has 1 unspecified atom stereocenters. The summed E-state index contributed by atoms with van der Waals surface area (Å²) in [5.74, 6) is -0.361. The Kier molecular flexibility index (Phi) is 4.33. The van der Waals surface area contributed by atoms with Crippen molar-refractivity contribution in [3.8, 4) is 5.75 Å². The van der Waals surface area contributed by atoms with Gasteiger partial charge in [0.15, 0.2) is 0 Å². The minimum Gasteiger partial charge on any atom is -0.508 e. The van der Waals surface area contributed by atoms with E-state index in [1.807, 2.05) is 25.1 Å². The van der Waals surface area contributed by atoms with E-state index >= 15 is 0 Å². The molecule has 1 aliphatic rings. The maximum atomic E-state index is 11.4. The van der Waals surface area contributed by atoms with Gasteiger partial charge in [0.05, 0.1) is 5.41 Å². The van der Waals surface area contributed by atoms with Crippen molar-refractivity contribution in [2.24, 2.45) is 5.41 Å². The van der Waals surface area contributed by atoms with E-state index in [2.05, 4.69) is 11.8 Å². The Morgan fingerprint density at radius 1 is 1.35 bits per heavy atom. The third-order valence-corrected chi connectivity index (χ3v) is 4.82. The molecule has 1 saturated heterocycles. The van der Waals surface area contributed by atoms with E-state index in [1.54, 1.807) is 6.07 Å². The fourth-order valence-electron chi connectivity index (χ4n) is 3.10. The standard InChI is InChI=1S/C16H23NO3/c1-3-16(15(19)20)8-10-17(11-9-16)12(2)13-6-4-5-7-14(13)18/h4-7,12,18H,3,8-11H2,1-2H3,(H,19,20). The number of likely N-dealkylation sites (tertiary alicyclic amines) is 1. The number of phenols is 1. The maximum absolute atomic E-state index is 11.4. The molecule has 4 heteroatoms. The first-order valence-electron chi connectivity index (χ1n) is 7.25. The summed E-state index contributed by atoms with van der Waals surface area (Å²) >= 11 is 0. The molecule has 0 aromatic heterocycles. The Morgan fingerprint density at radius 2 is 1.95 bits per heavy atom. The van der Waals surface area contributed by atoms with Gasteiger partial charge in [0.1, 0.15) is 5.75 Å². The average Bonchev–Trinajstić information content (AvgIpc) is 2.47. The van der Waals surface area contributed by atoms with Gasteiger partial charge in [0.2, 0.25) is 0 Å². The van der Waals surface area contributed by atoms with Gasteiger partial charge in [0.25, 0.3) is 0 Å². The summed E-state index contributed by atoms with van der Waals surface area (Å²) in [4.78, 5) is 13.7. The van der Waals surface area contributed by atoms with Crippen LogP contribution >= 0.6 is 0 Å². The minimum atomic E-state index is -0.671. The molecule has 2 N–H and O–H groups in total. The Hall–Kier alpha value is -1.55. The number of carboxylic acid groups (broad SMARTS) is 1. The number of hydrogen-bond donors (Lipinski definition) is 2. The fourth-order valence-corrected chi connectivity index (χ4v) is 3.10. The zero-order chi connectivity index (χ0) is 14.8. The first-order chi connectivity index (χ1) is 9.50. The van der Waals surface area contributed by atoms with Gasteiger partial charge in [0, 0.05) is 11.6 Å². The van der Waals surface area contributed by atoms with E-state index in [-0.39, 0.29) is 6.04 Å². The Labute approximate surface area is 120 Å². The highest BCUT2D eigenvalue weighted by atomic mass is 16.4. The highest BCUT2D eigenvalue weighted by molar-refractivity contribution is 5.74. The van der Waals surface area contributed by atoms with Crippen molar-refractivity contribution in [3.63, 3.8) is 0 Å². The molecule has 0 radical (unpaired) electrons. The first-order valence-corrected chi connectivity index (χ1v) is 7.25. The predicted molar refractivity (Wildman–Crippen MR) is 77.7 cm³/mol. The number of piperidine rings is 1. The molecule has 1 atom stereocenters.